The number of alkyl halides is 1. The van der Waals surface area contributed by atoms with Gasteiger partial charge in [-0.05, 0) is 26.8 Å². The van der Waals surface area contributed by atoms with Crippen molar-refractivity contribution in [2.24, 2.45) is 0 Å². The summed E-state index contributed by atoms with van der Waals surface area (Å²) in [6, 6.07) is 0. The fourth-order valence-electron chi connectivity index (χ4n) is 0.993. The molecule has 48 valence electrons. The van der Waals surface area contributed by atoms with Crippen molar-refractivity contribution >= 4 is 15.9 Å². The van der Waals surface area contributed by atoms with Crippen LogP contribution in [0.25, 0.3) is 0 Å². The highest BCUT2D eigenvalue weighted by Gasteiger charge is 2.31. The van der Waals surface area contributed by atoms with E-state index in [9.17, 15) is 0 Å². The molecular weight excluding hydrogens is 166 g/mol. The van der Waals surface area contributed by atoms with Gasteiger partial charge in [0.2, 0.25) is 0 Å². The first-order valence-electron chi connectivity index (χ1n) is 3.02. The lowest BCUT2D eigenvalue weighted by molar-refractivity contribution is 0.473. The zero-order chi connectivity index (χ0) is 6.20. The highest BCUT2D eigenvalue weighted by Crippen LogP contribution is 2.25. The van der Waals surface area contributed by atoms with E-state index in [0.717, 1.165) is 6.54 Å². The van der Waals surface area contributed by atoms with Crippen LogP contribution >= 0.6 is 15.9 Å². The molecular formula is C6H12BrN. The molecule has 1 N–H and O–H groups in total. The number of hydrogen-bond acceptors (Lipinski definition) is 1. The number of rotatable bonds is 0. The SMILES string of the molecule is CC1(C)NCCC1Br. The second-order valence-corrected chi connectivity index (χ2v) is 4.01. The molecule has 1 atom stereocenters. The second-order valence-electron chi connectivity index (χ2n) is 2.90. The molecule has 2 heteroatoms. The maximum atomic E-state index is 3.60. The molecule has 1 nitrogen and oxygen atoms in total. The molecule has 1 fully saturated rings. The van der Waals surface area contributed by atoms with Gasteiger partial charge in [-0.15, -0.1) is 0 Å². The second kappa shape index (κ2) is 1.99. The van der Waals surface area contributed by atoms with Gasteiger partial charge in [0.1, 0.15) is 0 Å². The van der Waals surface area contributed by atoms with Gasteiger partial charge in [0.15, 0.2) is 0 Å². The zero-order valence-corrected chi connectivity index (χ0v) is 6.96. The average Bonchev–Trinajstić information content (AvgIpc) is 1.86. The van der Waals surface area contributed by atoms with Gasteiger partial charge in [0, 0.05) is 10.4 Å². The lowest BCUT2D eigenvalue weighted by Gasteiger charge is -2.21. The predicted molar refractivity (Wildman–Crippen MR) is 39.4 cm³/mol. The van der Waals surface area contributed by atoms with Crippen molar-refractivity contribution in [2.45, 2.75) is 30.6 Å². The van der Waals surface area contributed by atoms with E-state index in [1.165, 1.54) is 6.42 Å². The molecule has 0 bridgehead atoms. The van der Waals surface area contributed by atoms with E-state index in [2.05, 4.69) is 35.1 Å². The van der Waals surface area contributed by atoms with Gasteiger partial charge >= 0.3 is 0 Å². The fraction of sp³-hybridized carbons (Fsp3) is 1.00. The minimum absolute atomic E-state index is 0.319. The Morgan fingerprint density at radius 2 is 2.25 bits per heavy atom. The van der Waals surface area contributed by atoms with Crippen LogP contribution in [-0.2, 0) is 0 Å². The van der Waals surface area contributed by atoms with Gasteiger partial charge < -0.3 is 5.32 Å². The van der Waals surface area contributed by atoms with Crippen LogP contribution in [0, 0.1) is 0 Å². The lowest BCUT2D eigenvalue weighted by atomic mass is 10.0. The third-order valence-electron chi connectivity index (χ3n) is 1.76. The van der Waals surface area contributed by atoms with E-state index >= 15 is 0 Å². The van der Waals surface area contributed by atoms with Crippen LogP contribution in [-0.4, -0.2) is 16.9 Å². The highest BCUT2D eigenvalue weighted by molar-refractivity contribution is 9.09. The fourth-order valence-corrected chi connectivity index (χ4v) is 1.38. The van der Waals surface area contributed by atoms with Crippen LogP contribution in [0.4, 0.5) is 0 Å². The molecule has 8 heavy (non-hydrogen) atoms. The standard InChI is InChI=1S/C6H12BrN/c1-6(2)5(7)3-4-8-6/h5,8H,3-4H2,1-2H3. The van der Waals surface area contributed by atoms with E-state index in [0.29, 0.717) is 10.4 Å². The maximum Gasteiger partial charge on any atom is 0.0334 e. The normalized spacial score (nSPS) is 35.6. The molecule has 0 amide bonds. The summed E-state index contributed by atoms with van der Waals surface area (Å²) >= 11 is 3.60. The molecule has 1 heterocycles. The van der Waals surface area contributed by atoms with E-state index < -0.39 is 0 Å². The monoisotopic (exact) mass is 177 g/mol. The van der Waals surface area contributed by atoms with Crippen molar-refractivity contribution in [3.63, 3.8) is 0 Å². The van der Waals surface area contributed by atoms with Crippen LogP contribution in [0.1, 0.15) is 20.3 Å². The summed E-state index contributed by atoms with van der Waals surface area (Å²) in [5.74, 6) is 0. The quantitative estimate of drug-likeness (QED) is 0.554. The van der Waals surface area contributed by atoms with E-state index in [-0.39, 0.29) is 0 Å². The Morgan fingerprint density at radius 1 is 1.62 bits per heavy atom. The van der Waals surface area contributed by atoms with Crippen LogP contribution < -0.4 is 5.32 Å². The smallest absolute Gasteiger partial charge is 0.0334 e. The largest absolute Gasteiger partial charge is 0.311 e. The maximum absolute atomic E-state index is 3.60. The molecule has 0 aromatic rings. The van der Waals surface area contributed by atoms with Crippen molar-refractivity contribution < 1.29 is 0 Å². The summed E-state index contributed by atoms with van der Waals surface area (Å²) in [4.78, 5) is 0.662. The Balaban J connectivity index is 2.54. The lowest BCUT2D eigenvalue weighted by Crippen LogP contribution is -2.38. The summed E-state index contributed by atoms with van der Waals surface area (Å²) in [6.07, 6.45) is 1.26. The highest BCUT2D eigenvalue weighted by atomic mass is 79.9. The van der Waals surface area contributed by atoms with Crippen LogP contribution in [0.5, 0.6) is 0 Å². The Morgan fingerprint density at radius 3 is 2.38 bits per heavy atom. The molecule has 1 aliphatic rings. The van der Waals surface area contributed by atoms with Gasteiger partial charge in [0.05, 0.1) is 0 Å². The first-order valence-corrected chi connectivity index (χ1v) is 3.93. The number of halogens is 1. The van der Waals surface area contributed by atoms with Crippen LogP contribution in [0.2, 0.25) is 0 Å². The first kappa shape index (κ1) is 6.56. The number of hydrogen-bond donors (Lipinski definition) is 1. The summed E-state index contributed by atoms with van der Waals surface area (Å²) in [5.41, 5.74) is 0.319. The molecule has 0 spiro atoms. The third kappa shape index (κ3) is 1.06. The van der Waals surface area contributed by atoms with E-state index in [4.69, 9.17) is 0 Å². The van der Waals surface area contributed by atoms with Gasteiger partial charge in [-0.25, -0.2) is 0 Å². The Kier molecular flexibility index (Phi) is 1.63. The van der Waals surface area contributed by atoms with Gasteiger partial charge in [-0.2, -0.15) is 0 Å². The molecule has 0 aromatic heterocycles. The summed E-state index contributed by atoms with van der Waals surface area (Å²) in [5, 5.41) is 3.40. The minimum atomic E-state index is 0.319. The van der Waals surface area contributed by atoms with E-state index in [1.807, 2.05) is 0 Å². The summed E-state index contributed by atoms with van der Waals surface area (Å²) in [7, 11) is 0. The third-order valence-corrected chi connectivity index (χ3v) is 3.36. The molecule has 0 saturated carbocycles. The minimum Gasteiger partial charge on any atom is -0.311 e. The molecule has 0 aliphatic carbocycles. The first-order chi connectivity index (χ1) is 3.63. The van der Waals surface area contributed by atoms with Crippen molar-refractivity contribution in [3.05, 3.63) is 0 Å². The van der Waals surface area contributed by atoms with Gasteiger partial charge in [-0.3, -0.25) is 0 Å². The van der Waals surface area contributed by atoms with Crippen molar-refractivity contribution in [1.29, 1.82) is 0 Å². The topological polar surface area (TPSA) is 12.0 Å². The molecule has 0 aromatic carbocycles. The van der Waals surface area contributed by atoms with Crippen LogP contribution in [0.3, 0.4) is 0 Å². The number of nitrogens with one attached hydrogen (secondary N) is 1. The average molecular weight is 178 g/mol. The van der Waals surface area contributed by atoms with Crippen molar-refractivity contribution in [1.82, 2.24) is 5.32 Å². The summed E-state index contributed by atoms with van der Waals surface area (Å²) < 4.78 is 0. The van der Waals surface area contributed by atoms with Crippen molar-refractivity contribution in [3.8, 4) is 0 Å². The Labute approximate surface area is 59.0 Å². The summed E-state index contributed by atoms with van der Waals surface area (Å²) in [6.45, 7) is 5.60. The van der Waals surface area contributed by atoms with Crippen LogP contribution in [0.15, 0.2) is 0 Å². The molecule has 1 rings (SSSR count). The van der Waals surface area contributed by atoms with E-state index in [1.54, 1.807) is 0 Å². The molecule has 1 unspecified atom stereocenters. The van der Waals surface area contributed by atoms with Gasteiger partial charge in [0.25, 0.3) is 0 Å². The molecule has 1 saturated heterocycles. The Hall–Kier alpha value is 0.440. The predicted octanol–water partition coefficient (Wildman–Crippen LogP) is 1.52. The Bertz CT molecular complexity index is 90.5. The zero-order valence-electron chi connectivity index (χ0n) is 5.37. The molecule has 0 radical (unpaired) electrons. The van der Waals surface area contributed by atoms with Gasteiger partial charge in [-0.1, -0.05) is 15.9 Å². The van der Waals surface area contributed by atoms with Crippen molar-refractivity contribution in [2.75, 3.05) is 6.54 Å². The molecule has 1 aliphatic heterocycles.